The number of carbonyl (C=O) groups is 2. The molecular formula is C32H36N6O3. The van der Waals surface area contributed by atoms with Gasteiger partial charge >= 0.3 is 0 Å². The van der Waals surface area contributed by atoms with Gasteiger partial charge in [-0.1, -0.05) is 32.0 Å². The second kappa shape index (κ2) is 11.9. The number of amides is 2. The molecule has 0 bridgehead atoms. The fourth-order valence-corrected chi connectivity index (χ4v) is 5.29. The number of anilines is 1. The van der Waals surface area contributed by atoms with Crippen molar-refractivity contribution in [3.8, 4) is 22.6 Å². The number of ether oxygens (including phenoxy) is 1. The summed E-state index contributed by atoms with van der Waals surface area (Å²) < 4.78 is 7.27. The van der Waals surface area contributed by atoms with E-state index in [1.165, 1.54) is 0 Å². The number of likely N-dealkylation sites (N-methyl/N-ethyl adjacent to an activating group) is 1. The van der Waals surface area contributed by atoms with Crippen LogP contribution in [-0.4, -0.2) is 64.8 Å². The number of methoxy groups -OCH3 is 1. The Kier molecular flexibility index (Phi) is 8.07. The van der Waals surface area contributed by atoms with Crippen LogP contribution in [0.3, 0.4) is 0 Å². The number of nitrogens with zero attached hydrogens (tertiary/aromatic N) is 3. The number of fused-ring (bicyclic) bond motifs is 1. The van der Waals surface area contributed by atoms with Crippen LogP contribution < -0.4 is 15.4 Å². The zero-order valence-corrected chi connectivity index (χ0v) is 24.2. The van der Waals surface area contributed by atoms with Crippen molar-refractivity contribution in [3.05, 3.63) is 82.9 Å². The third-order valence-electron chi connectivity index (χ3n) is 7.65. The lowest BCUT2D eigenvalue weighted by atomic mass is 10.00. The number of hydrogen-bond acceptors (Lipinski definition) is 5. The highest BCUT2D eigenvalue weighted by atomic mass is 16.5. The van der Waals surface area contributed by atoms with Crippen LogP contribution in [0.5, 0.6) is 5.75 Å². The molecule has 1 aliphatic heterocycles. The number of aromatic nitrogens is 3. The van der Waals surface area contributed by atoms with Crippen LogP contribution in [0.15, 0.2) is 54.9 Å². The number of rotatable bonds is 10. The quantitative estimate of drug-likeness (QED) is 0.239. The van der Waals surface area contributed by atoms with E-state index < -0.39 is 0 Å². The van der Waals surface area contributed by atoms with E-state index in [1.807, 2.05) is 68.6 Å². The Hall–Kier alpha value is -4.63. The largest absolute Gasteiger partial charge is 0.494 e. The molecule has 3 heterocycles. The van der Waals surface area contributed by atoms with E-state index in [4.69, 9.17) is 4.74 Å². The van der Waals surface area contributed by atoms with Crippen LogP contribution in [0.1, 0.15) is 46.7 Å². The Morgan fingerprint density at radius 2 is 1.90 bits per heavy atom. The lowest BCUT2D eigenvalue weighted by Gasteiger charge is -2.18. The van der Waals surface area contributed by atoms with Crippen molar-refractivity contribution in [1.82, 2.24) is 25.0 Å². The molecule has 2 aromatic heterocycles. The van der Waals surface area contributed by atoms with Crippen LogP contribution >= 0.6 is 0 Å². The Labute approximate surface area is 240 Å². The van der Waals surface area contributed by atoms with Gasteiger partial charge in [0.05, 0.1) is 24.4 Å². The number of H-pyrrole nitrogens is 1. The van der Waals surface area contributed by atoms with Gasteiger partial charge in [-0.3, -0.25) is 9.59 Å². The molecule has 0 saturated heterocycles. The summed E-state index contributed by atoms with van der Waals surface area (Å²) in [6.45, 7) is 11.3. The van der Waals surface area contributed by atoms with Crippen LogP contribution in [0.4, 0.5) is 5.69 Å². The Morgan fingerprint density at radius 1 is 1.12 bits per heavy atom. The SMILES string of the molecule is CCN(CC)CCNC(=O)c1c(C)[nH]c(/C=C2\C(=O)Nc3ccc(-c4cnn(-c5ccccc5OC)c4)cc32)c1C. The van der Waals surface area contributed by atoms with Crippen LogP contribution in [-0.2, 0) is 4.79 Å². The molecule has 0 saturated carbocycles. The Bertz CT molecular complexity index is 1630. The monoisotopic (exact) mass is 552 g/mol. The molecule has 9 nitrogen and oxygen atoms in total. The van der Waals surface area contributed by atoms with E-state index in [9.17, 15) is 9.59 Å². The van der Waals surface area contributed by atoms with Crippen molar-refractivity contribution >= 4 is 29.2 Å². The molecule has 41 heavy (non-hydrogen) atoms. The Morgan fingerprint density at radius 3 is 2.66 bits per heavy atom. The molecule has 0 unspecified atom stereocenters. The molecule has 3 N–H and O–H groups in total. The summed E-state index contributed by atoms with van der Waals surface area (Å²) in [7, 11) is 1.64. The van der Waals surface area contributed by atoms with Gasteiger partial charge in [0.25, 0.3) is 11.8 Å². The minimum Gasteiger partial charge on any atom is -0.494 e. The lowest BCUT2D eigenvalue weighted by molar-refractivity contribution is -0.110. The van der Waals surface area contributed by atoms with E-state index in [1.54, 1.807) is 18.0 Å². The molecule has 4 aromatic rings. The van der Waals surface area contributed by atoms with Crippen molar-refractivity contribution in [2.45, 2.75) is 27.7 Å². The lowest BCUT2D eigenvalue weighted by Crippen LogP contribution is -2.35. The highest BCUT2D eigenvalue weighted by Crippen LogP contribution is 2.37. The van der Waals surface area contributed by atoms with E-state index in [-0.39, 0.29) is 11.8 Å². The van der Waals surface area contributed by atoms with E-state index in [0.717, 1.165) is 70.4 Å². The minimum absolute atomic E-state index is 0.112. The molecule has 0 radical (unpaired) electrons. The van der Waals surface area contributed by atoms with Crippen molar-refractivity contribution in [1.29, 1.82) is 0 Å². The van der Waals surface area contributed by atoms with Gasteiger partial charge in [-0.25, -0.2) is 4.68 Å². The molecule has 5 rings (SSSR count). The first-order chi connectivity index (χ1) is 19.8. The van der Waals surface area contributed by atoms with Gasteiger partial charge in [0.1, 0.15) is 11.4 Å². The van der Waals surface area contributed by atoms with Crippen LogP contribution in [0, 0.1) is 13.8 Å². The van der Waals surface area contributed by atoms with Gasteiger partial charge in [-0.05, 0) is 68.4 Å². The van der Waals surface area contributed by atoms with Crippen molar-refractivity contribution in [2.75, 3.05) is 38.6 Å². The molecule has 0 spiro atoms. The summed E-state index contributed by atoms with van der Waals surface area (Å²) in [5, 5.41) is 10.5. The molecule has 2 amide bonds. The normalized spacial score (nSPS) is 13.5. The second-order valence-corrected chi connectivity index (χ2v) is 10.1. The molecule has 212 valence electrons. The first-order valence-corrected chi connectivity index (χ1v) is 13.9. The number of para-hydroxylation sites is 2. The van der Waals surface area contributed by atoms with Gasteiger partial charge < -0.3 is 25.3 Å². The van der Waals surface area contributed by atoms with Crippen LogP contribution in [0.2, 0.25) is 0 Å². The van der Waals surface area contributed by atoms with Gasteiger partial charge in [0, 0.05) is 47.5 Å². The number of hydrogen-bond donors (Lipinski definition) is 3. The smallest absolute Gasteiger partial charge is 0.256 e. The summed E-state index contributed by atoms with van der Waals surface area (Å²) in [5.74, 6) is 0.432. The maximum Gasteiger partial charge on any atom is 0.256 e. The summed E-state index contributed by atoms with van der Waals surface area (Å²) in [6, 6.07) is 13.6. The zero-order chi connectivity index (χ0) is 29.1. The molecule has 1 aliphatic rings. The van der Waals surface area contributed by atoms with E-state index in [2.05, 4.69) is 39.5 Å². The second-order valence-electron chi connectivity index (χ2n) is 10.1. The first-order valence-electron chi connectivity index (χ1n) is 13.9. The maximum atomic E-state index is 13.0. The molecule has 0 atom stereocenters. The van der Waals surface area contributed by atoms with E-state index in [0.29, 0.717) is 17.7 Å². The van der Waals surface area contributed by atoms with Gasteiger partial charge in [0.15, 0.2) is 0 Å². The van der Waals surface area contributed by atoms with Gasteiger partial charge in [0.2, 0.25) is 0 Å². The average molecular weight is 553 g/mol. The standard InChI is InChI=1S/C32H36N6O3/c1-6-37(7-2)15-14-33-32(40)30-20(3)27(35-21(30)4)17-25-24-16-22(12-13-26(24)36-31(25)39)23-18-34-38(19-23)28-10-8-9-11-29(28)41-5/h8-13,16-19,35H,6-7,14-15H2,1-5H3,(H,33,40)(H,36,39)/b25-17-. The van der Waals surface area contributed by atoms with Crippen LogP contribution in [0.25, 0.3) is 28.5 Å². The molecule has 2 aromatic carbocycles. The highest BCUT2D eigenvalue weighted by Gasteiger charge is 2.26. The number of aryl methyl sites for hydroxylation is 1. The number of aromatic amines is 1. The molecule has 9 heteroatoms. The van der Waals surface area contributed by atoms with Crippen molar-refractivity contribution in [2.24, 2.45) is 0 Å². The van der Waals surface area contributed by atoms with Crippen molar-refractivity contribution in [3.63, 3.8) is 0 Å². The van der Waals surface area contributed by atoms with Crippen molar-refractivity contribution < 1.29 is 14.3 Å². The molecule has 0 fully saturated rings. The predicted molar refractivity (Wildman–Crippen MR) is 162 cm³/mol. The molecular weight excluding hydrogens is 516 g/mol. The number of nitrogens with one attached hydrogen (secondary N) is 3. The first kappa shape index (κ1) is 27.9. The Balaban J connectivity index is 1.42. The van der Waals surface area contributed by atoms with Gasteiger partial charge in [-0.2, -0.15) is 5.10 Å². The molecule has 0 aliphatic carbocycles. The van der Waals surface area contributed by atoms with E-state index >= 15 is 0 Å². The summed E-state index contributed by atoms with van der Waals surface area (Å²) in [5.41, 5.74) is 7.70. The predicted octanol–water partition coefficient (Wildman–Crippen LogP) is 5.06. The average Bonchev–Trinajstić information content (AvgIpc) is 3.66. The number of carbonyl (C=O) groups excluding carboxylic acids is 2. The zero-order valence-electron chi connectivity index (χ0n) is 24.2. The topological polar surface area (TPSA) is 104 Å². The maximum absolute atomic E-state index is 13.0. The fourth-order valence-electron chi connectivity index (χ4n) is 5.29. The third kappa shape index (κ3) is 5.53. The summed E-state index contributed by atoms with van der Waals surface area (Å²) >= 11 is 0. The fraction of sp³-hybridized carbons (Fsp3) is 0.281. The van der Waals surface area contributed by atoms with Gasteiger partial charge in [-0.15, -0.1) is 0 Å². The minimum atomic E-state index is -0.182. The third-order valence-corrected chi connectivity index (χ3v) is 7.65. The highest BCUT2D eigenvalue weighted by molar-refractivity contribution is 6.35. The number of benzene rings is 2. The summed E-state index contributed by atoms with van der Waals surface area (Å²) in [4.78, 5) is 31.7. The summed E-state index contributed by atoms with van der Waals surface area (Å²) in [6.07, 6.45) is 5.57.